The molecule has 0 aliphatic carbocycles. The number of aliphatic hydroxyl groups excluding tert-OH is 1. The maximum Gasteiger partial charge on any atom is 0.0965 e. The van der Waals surface area contributed by atoms with E-state index in [1.165, 1.54) is 0 Å². The number of aromatic nitrogens is 1. The number of ether oxygens (including phenoxy) is 1. The summed E-state index contributed by atoms with van der Waals surface area (Å²) in [6, 6.07) is 8.04. The van der Waals surface area contributed by atoms with Crippen LogP contribution < -0.4 is 0 Å². The number of nitrogens with zero attached hydrogens (tertiary/aromatic N) is 1. The molecule has 0 radical (unpaired) electrons. The molecule has 0 saturated carbocycles. The van der Waals surface area contributed by atoms with Gasteiger partial charge in [-0.3, -0.25) is 0 Å². The summed E-state index contributed by atoms with van der Waals surface area (Å²) in [7, 11) is 1.65. The Morgan fingerprint density at radius 1 is 1.32 bits per heavy atom. The lowest BCUT2D eigenvalue weighted by Crippen LogP contribution is -2.40. The van der Waals surface area contributed by atoms with Crippen molar-refractivity contribution in [1.82, 2.24) is 4.98 Å². The summed E-state index contributed by atoms with van der Waals surface area (Å²) in [6.07, 6.45) is -0.195. The van der Waals surface area contributed by atoms with Gasteiger partial charge >= 0.3 is 0 Å². The zero-order valence-electron chi connectivity index (χ0n) is 11.9. The van der Waals surface area contributed by atoms with Crippen LogP contribution in [0.5, 0.6) is 0 Å². The van der Waals surface area contributed by atoms with E-state index in [-0.39, 0.29) is 11.5 Å². The van der Waals surface area contributed by atoms with Gasteiger partial charge in [-0.25, -0.2) is 4.98 Å². The molecule has 104 valence electrons. The zero-order valence-corrected chi connectivity index (χ0v) is 12.7. The van der Waals surface area contributed by atoms with Crippen molar-refractivity contribution >= 4 is 21.6 Å². The average Bonchev–Trinajstić information content (AvgIpc) is 2.69. The third kappa shape index (κ3) is 3.32. The standard InChI is InChI=1S/C15H21NO2S/c1-15(2,3)14(18-4)11(17)9-13-16-10-7-5-6-8-12(10)19-13/h5-8,11,14,17H,9H2,1-4H3. The molecule has 0 fully saturated rings. The lowest BCUT2D eigenvalue weighted by molar-refractivity contribution is -0.0698. The van der Waals surface area contributed by atoms with Crippen molar-refractivity contribution in [2.75, 3.05) is 7.11 Å². The van der Waals surface area contributed by atoms with Crippen molar-refractivity contribution in [3.8, 4) is 0 Å². The first-order valence-corrected chi connectivity index (χ1v) is 7.29. The molecule has 2 aromatic rings. The first-order valence-electron chi connectivity index (χ1n) is 6.47. The lowest BCUT2D eigenvalue weighted by Gasteiger charge is -2.32. The topological polar surface area (TPSA) is 42.4 Å². The smallest absolute Gasteiger partial charge is 0.0965 e. The molecule has 3 nitrogen and oxygen atoms in total. The Morgan fingerprint density at radius 2 is 2.00 bits per heavy atom. The number of para-hydroxylation sites is 1. The van der Waals surface area contributed by atoms with Crippen LogP contribution in [0.1, 0.15) is 25.8 Å². The van der Waals surface area contributed by atoms with Gasteiger partial charge in [0.15, 0.2) is 0 Å². The summed E-state index contributed by atoms with van der Waals surface area (Å²) in [5.74, 6) is 0. The van der Waals surface area contributed by atoms with Gasteiger partial charge in [-0.2, -0.15) is 0 Å². The predicted octanol–water partition coefficient (Wildman–Crippen LogP) is 3.26. The number of thiazole rings is 1. The number of hydrogen-bond donors (Lipinski definition) is 1. The number of fused-ring (bicyclic) bond motifs is 1. The van der Waals surface area contributed by atoms with Crippen LogP contribution in [0.15, 0.2) is 24.3 Å². The molecule has 2 rings (SSSR count). The summed E-state index contributed by atoms with van der Waals surface area (Å²) in [5.41, 5.74) is 0.907. The minimum Gasteiger partial charge on any atom is -0.390 e. The maximum atomic E-state index is 10.4. The van der Waals surface area contributed by atoms with Crippen molar-refractivity contribution in [2.45, 2.75) is 39.4 Å². The second-order valence-corrected chi connectivity index (χ2v) is 6.98. The van der Waals surface area contributed by atoms with Gasteiger partial charge in [-0.1, -0.05) is 32.9 Å². The molecule has 1 aromatic heterocycles. The molecular formula is C15H21NO2S. The molecule has 1 N–H and O–H groups in total. The molecule has 0 spiro atoms. The summed E-state index contributed by atoms with van der Waals surface area (Å²) in [5, 5.41) is 11.3. The lowest BCUT2D eigenvalue weighted by atomic mass is 9.85. The molecule has 19 heavy (non-hydrogen) atoms. The van der Waals surface area contributed by atoms with Gasteiger partial charge in [0.25, 0.3) is 0 Å². The summed E-state index contributed by atoms with van der Waals surface area (Å²) in [4.78, 5) is 4.55. The minimum atomic E-state index is -0.537. The van der Waals surface area contributed by atoms with E-state index in [0.29, 0.717) is 6.42 Å². The largest absolute Gasteiger partial charge is 0.390 e. The van der Waals surface area contributed by atoms with E-state index in [1.807, 2.05) is 18.2 Å². The molecule has 2 atom stereocenters. The highest BCUT2D eigenvalue weighted by molar-refractivity contribution is 7.18. The third-order valence-corrected chi connectivity index (χ3v) is 4.24. The van der Waals surface area contributed by atoms with Crippen LogP contribution in [0.4, 0.5) is 0 Å². The highest BCUT2D eigenvalue weighted by Gasteiger charge is 2.31. The van der Waals surface area contributed by atoms with Crippen molar-refractivity contribution in [2.24, 2.45) is 5.41 Å². The number of aliphatic hydroxyl groups is 1. The quantitative estimate of drug-likeness (QED) is 0.934. The van der Waals surface area contributed by atoms with E-state index in [9.17, 15) is 5.11 Å². The van der Waals surface area contributed by atoms with Gasteiger partial charge in [0.2, 0.25) is 0 Å². The highest BCUT2D eigenvalue weighted by atomic mass is 32.1. The van der Waals surface area contributed by atoms with Crippen LogP contribution in [0, 0.1) is 5.41 Å². The van der Waals surface area contributed by atoms with E-state index in [2.05, 4.69) is 31.8 Å². The summed E-state index contributed by atoms with van der Waals surface area (Å²) < 4.78 is 6.61. The Hall–Kier alpha value is -0.970. The molecule has 1 aromatic carbocycles. The summed E-state index contributed by atoms with van der Waals surface area (Å²) in [6.45, 7) is 6.22. The zero-order chi connectivity index (χ0) is 14.0. The van der Waals surface area contributed by atoms with Crippen molar-refractivity contribution in [1.29, 1.82) is 0 Å². The molecular weight excluding hydrogens is 258 g/mol. The van der Waals surface area contributed by atoms with Crippen LogP contribution in [-0.2, 0) is 11.2 Å². The van der Waals surface area contributed by atoms with Crippen LogP contribution in [0.3, 0.4) is 0 Å². The van der Waals surface area contributed by atoms with Crippen molar-refractivity contribution < 1.29 is 9.84 Å². The monoisotopic (exact) mass is 279 g/mol. The van der Waals surface area contributed by atoms with Crippen molar-refractivity contribution in [3.63, 3.8) is 0 Å². The fraction of sp³-hybridized carbons (Fsp3) is 0.533. The van der Waals surface area contributed by atoms with Gasteiger partial charge in [-0.05, 0) is 17.5 Å². The van der Waals surface area contributed by atoms with Crippen molar-refractivity contribution in [3.05, 3.63) is 29.3 Å². The maximum absolute atomic E-state index is 10.4. The average molecular weight is 279 g/mol. The van der Waals surface area contributed by atoms with Gasteiger partial charge in [-0.15, -0.1) is 11.3 Å². The number of methoxy groups -OCH3 is 1. The van der Waals surface area contributed by atoms with Gasteiger partial charge < -0.3 is 9.84 Å². The van der Waals surface area contributed by atoms with E-state index < -0.39 is 6.10 Å². The molecule has 2 unspecified atom stereocenters. The van der Waals surface area contributed by atoms with Gasteiger partial charge in [0.1, 0.15) is 0 Å². The van der Waals surface area contributed by atoms with Crippen LogP contribution in [0.25, 0.3) is 10.2 Å². The molecule has 0 aliphatic rings. The predicted molar refractivity (Wildman–Crippen MR) is 79.6 cm³/mol. The Balaban J connectivity index is 2.15. The number of benzene rings is 1. The molecule has 0 bridgehead atoms. The Bertz CT molecular complexity index is 511. The third-order valence-electron chi connectivity index (χ3n) is 3.18. The van der Waals surface area contributed by atoms with E-state index in [0.717, 1.165) is 15.2 Å². The second kappa shape index (κ2) is 5.57. The fourth-order valence-corrected chi connectivity index (χ4v) is 3.40. The van der Waals surface area contributed by atoms with Crippen LogP contribution in [0.2, 0.25) is 0 Å². The molecule has 4 heteroatoms. The second-order valence-electron chi connectivity index (χ2n) is 5.87. The van der Waals surface area contributed by atoms with E-state index in [1.54, 1.807) is 18.4 Å². The fourth-order valence-electron chi connectivity index (χ4n) is 2.38. The minimum absolute atomic E-state index is 0.0924. The number of hydrogen-bond acceptors (Lipinski definition) is 4. The van der Waals surface area contributed by atoms with Gasteiger partial charge in [0.05, 0.1) is 27.4 Å². The van der Waals surface area contributed by atoms with E-state index in [4.69, 9.17) is 4.74 Å². The molecule has 0 amide bonds. The highest BCUT2D eigenvalue weighted by Crippen LogP contribution is 2.28. The van der Waals surface area contributed by atoms with E-state index >= 15 is 0 Å². The first kappa shape index (κ1) is 14.4. The Labute approximate surface area is 118 Å². The van der Waals surface area contributed by atoms with Crippen LogP contribution >= 0.6 is 11.3 Å². The first-order chi connectivity index (χ1) is 8.91. The normalized spacial score (nSPS) is 15.6. The van der Waals surface area contributed by atoms with Gasteiger partial charge in [0, 0.05) is 13.5 Å². The summed E-state index contributed by atoms with van der Waals surface area (Å²) >= 11 is 1.64. The van der Waals surface area contributed by atoms with Crippen LogP contribution in [-0.4, -0.2) is 29.4 Å². The Morgan fingerprint density at radius 3 is 2.58 bits per heavy atom. The molecule has 0 aliphatic heterocycles. The molecule has 1 heterocycles. The Kier molecular flexibility index (Phi) is 4.23. The number of rotatable bonds is 4. The molecule has 0 saturated heterocycles. The SMILES string of the molecule is COC(C(O)Cc1nc2ccccc2s1)C(C)(C)C.